The summed E-state index contributed by atoms with van der Waals surface area (Å²) in [6.07, 6.45) is 18.8. The third-order valence-corrected chi connectivity index (χ3v) is 8.35. The van der Waals surface area contributed by atoms with E-state index in [0.717, 1.165) is 57.8 Å². The lowest BCUT2D eigenvalue weighted by Gasteiger charge is -2.10. The second-order valence-corrected chi connectivity index (χ2v) is 13.3. The van der Waals surface area contributed by atoms with Crippen molar-refractivity contribution in [1.82, 2.24) is 5.32 Å². The van der Waals surface area contributed by atoms with Gasteiger partial charge in [-0.05, 0) is 58.3 Å². The molecule has 0 aromatic heterocycles. The first-order valence-electron chi connectivity index (χ1n) is 19.1. The zero-order chi connectivity index (χ0) is 37.1. The van der Waals surface area contributed by atoms with Crippen LogP contribution in [0.15, 0.2) is 0 Å². The van der Waals surface area contributed by atoms with Gasteiger partial charge < -0.3 is 34.5 Å². The van der Waals surface area contributed by atoms with E-state index >= 15 is 0 Å². The van der Waals surface area contributed by atoms with E-state index in [2.05, 4.69) is 5.32 Å². The number of carbonyl (C=O) groups is 6. The van der Waals surface area contributed by atoms with Gasteiger partial charge in [0.1, 0.15) is 19.0 Å². The number of hydrogen-bond acceptors (Lipinski definition) is 9. The monoisotopic (exact) mass is 713 g/mol. The predicted molar refractivity (Wildman–Crippen MR) is 191 cm³/mol. The molecule has 0 heterocycles. The van der Waals surface area contributed by atoms with Gasteiger partial charge in [0.25, 0.3) is 0 Å². The molecular weight excluding hydrogens is 646 g/mol. The summed E-state index contributed by atoms with van der Waals surface area (Å²) in [4.78, 5) is 68.7. The van der Waals surface area contributed by atoms with Crippen molar-refractivity contribution in [2.45, 2.75) is 155 Å². The Morgan fingerprint density at radius 2 is 0.980 bits per heavy atom. The van der Waals surface area contributed by atoms with Crippen LogP contribution in [0.25, 0.3) is 0 Å². The Morgan fingerprint density at radius 3 is 1.50 bits per heavy atom. The second-order valence-electron chi connectivity index (χ2n) is 13.3. The zero-order valence-electron chi connectivity index (χ0n) is 30.9. The van der Waals surface area contributed by atoms with Crippen molar-refractivity contribution >= 4 is 35.2 Å². The molecule has 0 spiro atoms. The van der Waals surface area contributed by atoms with Crippen LogP contribution >= 0.6 is 0 Å². The van der Waals surface area contributed by atoms with Gasteiger partial charge in [-0.1, -0.05) is 64.2 Å². The molecule has 0 saturated heterocycles. The Morgan fingerprint density at radius 1 is 0.520 bits per heavy atom. The van der Waals surface area contributed by atoms with Crippen LogP contribution in [-0.2, 0) is 43.0 Å². The number of carbonyl (C=O) groups excluding carboxylic acids is 4. The quantitative estimate of drug-likeness (QED) is 0.0581. The number of hydrogen-bond donors (Lipinski definition) is 3. The van der Waals surface area contributed by atoms with E-state index in [9.17, 15) is 33.9 Å². The van der Waals surface area contributed by atoms with E-state index in [1.54, 1.807) is 0 Å². The molecule has 0 aromatic carbocycles. The molecule has 0 aliphatic rings. The van der Waals surface area contributed by atoms with Gasteiger partial charge in [-0.2, -0.15) is 0 Å². The summed E-state index contributed by atoms with van der Waals surface area (Å²) >= 11 is 0. The minimum Gasteiger partial charge on any atom is -0.481 e. The molecule has 12 heteroatoms. The Hall–Kier alpha value is -2.70. The Balaban J connectivity index is 3.41. The number of unbranched alkanes of at least 4 members (excludes halogenated alkanes) is 13. The van der Waals surface area contributed by atoms with Crippen LogP contribution in [0.3, 0.4) is 0 Å². The minimum atomic E-state index is -1.12. The molecule has 290 valence electrons. The average molecular weight is 714 g/mol. The van der Waals surface area contributed by atoms with E-state index < -0.39 is 23.6 Å². The molecule has 1 amide bonds. The zero-order valence-corrected chi connectivity index (χ0v) is 30.9. The third kappa shape index (κ3) is 35.1. The lowest BCUT2D eigenvalue weighted by molar-refractivity contribution is -0.145. The van der Waals surface area contributed by atoms with Gasteiger partial charge in [0, 0.05) is 65.1 Å². The second kappa shape index (κ2) is 34.7. The fourth-order valence-electron chi connectivity index (χ4n) is 5.33. The number of carboxylic acids is 2. The van der Waals surface area contributed by atoms with Gasteiger partial charge in [0.2, 0.25) is 5.91 Å². The number of nitrogens with one attached hydrogen (secondary N) is 1. The molecule has 0 aliphatic heterocycles. The summed E-state index contributed by atoms with van der Waals surface area (Å²) in [6.45, 7) is 3.96. The molecule has 0 unspecified atom stereocenters. The largest absolute Gasteiger partial charge is 0.481 e. The van der Waals surface area contributed by atoms with Crippen molar-refractivity contribution in [1.29, 1.82) is 0 Å². The van der Waals surface area contributed by atoms with Crippen molar-refractivity contribution < 1.29 is 53.2 Å². The first kappa shape index (κ1) is 47.3. The topological polar surface area (TPSA) is 183 Å². The van der Waals surface area contributed by atoms with Crippen molar-refractivity contribution in [2.24, 2.45) is 5.92 Å². The van der Waals surface area contributed by atoms with Crippen LogP contribution in [0.4, 0.5) is 0 Å². The number of aliphatic carboxylic acids is 2. The maximum Gasteiger partial charge on any atom is 0.306 e. The maximum atomic E-state index is 12.0. The number of ketones is 3. The SMILES string of the molecule is CC(=O)CC[C@H](CC(=O)COCC(=O)CCCCOCCCCOCCCNC(=O)CCCCCCCCCCCCCCC(=O)O)C(=O)O. The first-order chi connectivity index (χ1) is 24.1. The van der Waals surface area contributed by atoms with Crippen LogP contribution in [0.1, 0.15) is 155 Å². The van der Waals surface area contributed by atoms with E-state index in [1.807, 2.05) is 0 Å². The van der Waals surface area contributed by atoms with Gasteiger partial charge >= 0.3 is 11.9 Å². The Kier molecular flexibility index (Phi) is 32.9. The van der Waals surface area contributed by atoms with E-state index in [4.69, 9.17) is 19.3 Å². The number of carboxylic acid groups (broad SMARTS) is 2. The maximum absolute atomic E-state index is 12.0. The highest BCUT2D eigenvalue weighted by atomic mass is 16.5. The fourth-order valence-corrected chi connectivity index (χ4v) is 5.33. The van der Waals surface area contributed by atoms with Crippen LogP contribution < -0.4 is 5.32 Å². The van der Waals surface area contributed by atoms with Crippen molar-refractivity contribution in [3.63, 3.8) is 0 Å². The third-order valence-electron chi connectivity index (χ3n) is 8.35. The molecule has 50 heavy (non-hydrogen) atoms. The molecule has 0 saturated carbocycles. The highest BCUT2D eigenvalue weighted by Crippen LogP contribution is 2.14. The van der Waals surface area contributed by atoms with Gasteiger partial charge in [0.15, 0.2) is 11.6 Å². The molecule has 0 rings (SSSR count). The highest BCUT2D eigenvalue weighted by molar-refractivity contribution is 5.85. The molecule has 0 aliphatic carbocycles. The van der Waals surface area contributed by atoms with E-state index in [1.165, 1.54) is 51.9 Å². The van der Waals surface area contributed by atoms with Gasteiger partial charge in [-0.3, -0.25) is 24.0 Å². The molecule has 0 radical (unpaired) electrons. The molecule has 0 fully saturated rings. The highest BCUT2D eigenvalue weighted by Gasteiger charge is 2.21. The minimum absolute atomic E-state index is 0.109. The Bertz CT molecular complexity index is 924. The molecule has 0 aromatic rings. The molecule has 1 atom stereocenters. The Labute approximate surface area is 300 Å². The summed E-state index contributed by atoms with van der Waals surface area (Å²) in [5, 5.41) is 20.8. The average Bonchev–Trinajstić information content (AvgIpc) is 3.06. The molecule has 0 bridgehead atoms. The fraction of sp³-hybridized carbons (Fsp3) is 0.842. The number of Topliss-reactive ketones (excluding diaryl/α,β-unsaturated/α-hetero) is 3. The summed E-state index contributed by atoms with van der Waals surface area (Å²) in [5.74, 6) is -3.27. The van der Waals surface area contributed by atoms with Gasteiger partial charge in [0.05, 0.1) is 5.92 Å². The van der Waals surface area contributed by atoms with Crippen molar-refractivity contribution in [2.75, 3.05) is 46.2 Å². The van der Waals surface area contributed by atoms with E-state index in [0.29, 0.717) is 52.2 Å². The number of amides is 1. The molecule has 12 nitrogen and oxygen atoms in total. The lowest BCUT2D eigenvalue weighted by Crippen LogP contribution is -2.24. The van der Waals surface area contributed by atoms with Crippen molar-refractivity contribution in [3.8, 4) is 0 Å². The van der Waals surface area contributed by atoms with Crippen molar-refractivity contribution in [3.05, 3.63) is 0 Å². The summed E-state index contributed by atoms with van der Waals surface area (Å²) in [5.41, 5.74) is 0. The standard InChI is InChI=1S/C38H67NO11/c1-32(40)22-23-33(38(46)47)29-35(42)31-50-30-34(41)19-14-15-25-48-26-16-17-27-49-28-18-24-39-36(43)20-12-10-8-6-4-2-3-5-7-9-11-13-21-37(44)45/h33H,2-31H2,1H3,(H,39,43)(H,44,45)(H,46,47)/t33-/m1/s1. The lowest BCUT2D eigenvalue weighted by atomic mass is 9.96. The number of rotatable bonds is 39. The summed E-state index contributed by atoms with van der Waals surface area (Å²) < 4.78 is 16.4. The first-order valence-corrected chi connectivity index (χ1v) is 19.1. The molecule has 3 N–H and O–H groups in total. The molecular formula is C38H67NO11. The van der Waals surface area contributed by atoms with Crippen LogP contribution in [0.2, 0.25) is 0 Å². The summed E-state index contributed by atoms with van der Waals surface area (Å²) in [7, 11) is 0. The van der Waals surface area contributed by atoms with Crippen LogP contribution in [-0.4, -0.2) is 91.6 Å². The number of ether oxygens (including phenoxy) is 3. The van der Waals surface area contributed by atoms with Crippen LogP contribution in [0, 0.1) is 5.92 Å². The smallest absolute Gasteiger partial charge is 0.306 e. The predicted octanol–water partition coefficient (Wildman–Crippen LogP) is 6.64. The summed E-state index contributed by atoms with van der Waals surface area (Å²) in [6, 6.07) is 0. The van der Waals surface area contributed by atoms with Gasteiger partial charge in [-0.25, -0.2) is 0 Å². The van der Waals surface area contributed by atoms with Gasteiger partial charge in [-0.15, -0.1) is 0 Å². The normalized spacial score (nSPS) is 11.7. The van der Waals surface area contributed by atoms with E-state index in [-0.39, 0.29) is 56.4 Å². The van der Waals surface area contributed by atoms with Crippen LogP contribution in [0.5, 0.6) is 0 Å².